The van der Waals surface area contributed by atoms with Crippen LogP contribution in [0.1, 0.15) is 0 Å². The van der Waals surface area contributed by atoms with E-state index in [4.69, 9.17) is 0 Å². The highest BCUT2D eigenvalue weighted by Gasteiger charge is 2.23. The Morgan fingerprint density at radius 1 is 0.500 bits per heavy atom. The first-order valence-electron chi connectivity index (χ1n) is 11.7. The van der Waals surface area contributed by atoms with Crippen molar-refractivity contribution in [2.45, 2.75) is 0 Å². The molecular formula is C31H18N2S. The smallest absolute Gasteiger partial charge is 0.0619 e. The Morgan fingerprint density at radius 3 is 2.09 bits per heavy atom. The van der Waals surface area contributed by atoms with Gasteiger partial charge in [-0.25, -0.2) is 0 Å². The molecule has 0 fully saturated rings. The molecule has 0 saturated carbocycles. The minimum Gasteiger partial charge on any atom is -0.343 e. The van der Waals surface area contributed by atoms with Crippen molar-refractivity contribution >= 4 is 91.4 Å². The van der Waals surface area contributed by atoms with Crippen molar-refractivity contribution in [2.75, 3.05) is 0 Å². The van der Waals surface area contributed by atoms with Gasteiger partial charge < -0.3 is 8.97 Å². The van der Waals surface area contributed by atoms with Gasteiger partial charge in [0.15, 0.2) is 0 Å². The first-order valence-corrected chi connectivity index (χ1v) is 12.5. The average molecular weight is 451 g/mol. The number of nitrogens with zero attached hydrogens (tertiary/aromatic N) is 2. The van der Waals surface area contributed by atoms with Crippen LogP contribution in [-0.4, -0.2) is 8.97 Å². The Morgan fingerprint density at radius 2 is 1.18 bits per heavy atom. The Hall–Kier alpha value is -4.08. The lowest BCUT2D eigenvalue weighted by molar-refractivity contribution is 1.02. The van der Waals surface area contributed by atoms with Crippen molar-refractivity contribution in [2.24, 2.45) is 7.05 Å². The fraction of sp³-hybridized carbons (Fsp3) is 0.0323. The largest absolute Gasteiger partial charge is 0.343 e. The number of aryl methyl sites for hydroxylation is 1. The van der Waals surface area contributed by atoms with Gasteiger partial charge in [-0.15, -0.1) is 11.3 Å². The lowest BCUT2D eigenvalue weighted by Crippen LogP contribution is -1.90. The molecule has 0 amide bonds. The third-order valence-corrected chi connectivity index (χ3v) is 8.95. The molecule has 9 aromatic rings. The number of rotatable bonds is 0. The van der Waals surface area contributed by atoms with Crippen molar-refractivity contribution in [3.63, 3.8) is 0 Å². The molecule has 9 rings (SSSR count). The van der Waals surface area contributed by atoms with Gasteiger partial charge in [0, 0.05) is 59.7 Å². The number of para-hydroxylation sites is 2. The van der Waals surface area contributed by atoms with E-state index in [-0.39, 0.29) is 0 Å². The Bertz CT molecular complexity index is 2290. The van der Waals surface area contributed by atoms with E-state index in [9.17, 15) is 0 Å². The molecule has 4 heterocycles. The lowest BCUT2D eigenvalue weighted by Gasteiger charge is -2.06. The van der Waals surface area contributed by atoms with Gasteiger partial charge in [-0.3, -0.25) is 0 Å². The van der Waals surface area contributed by atoms with E-state index in [1.807, 2.05) is 11.3 Å². The third-order valence-electron chi connectivity index (χ3n) is 7.84. The van der Waals surface area contributed by atoms with Crippen LogP contribution in [-0.2, 0) is 7.05 Å². The minimum absolute atomic E-state index is 1.27. The average Bonchev–Trinajstić information content (AvgIpc) is 3.48. The maximum atomic E-state index is 2.53. The van der Waals surface area contributed by atoms with Crippen LogP contribution in [0.3, 0.4) is 0 Å². The van der Waals surface area contributed by atoms with Gasteiger partial charge in [0.25, 0.3) is 0 Å². The minimum atomic E-state index is 1.27. The van der Waals surface area contributed by atoms with Crippen molar-refractivity contribution in [3.05, 3.63) is 91.0 Å². The Balaban J connectivity index is 1.79. The third kappa shape index (κ3) is 1.80. The summed E-state index contributed by atoms with van der Waals surface area (Å²) in [7, 11) is 2.24. The van der Waals surface area contributed by atoms with E-state index >= 15 is 0 Å². The van der Waals surface area contributed by atoms with Gasteiger partial charge in [0.2, 0.25) is 0 Å². The molecule has 2 nitrogen and oxygen atoms in total. The highest BCUT2D eigenvalue weighted by atomic mass is 32.1. The maximum absolute atomic E-state index is 2.53. The highest BCUT2D eigenvalue weighted by Crippen LogP contribution is 2.47. The van der Waals surface area contributed by atoms with Crippen molar-refractivity contribution in [3.8, 4) is 0 Å². The summed E-state index contributed by atoms with van der Waals surface area (Å²) in [5.41, 5.74) is 6.52. The fourth-order valence-electron chi connectivity index (χ4n) is 6.52. The second-order valence-corrected chi connectivity index (χ2v) is 10.5. The van der Waals surface area contributed by atoms with Crippen LogP contribution in [0.2, 0.25) is 0 Å². The van der Waals surface area contributed by atoms with Gasteiger partial charge in [-0.1, -0.05) is 66.7 Å². The predicted molar refractivity (Wildman–Crippen MR) is 148 cm³/mol. The van der Waals surface area contributed by atoms with Crippen LogP contribution < -0.4 is 0 Å². The molecule has 158 valence electrons. The van der Waals surface area contributed by atoms with Crippen molar-refractivity contribution < 1.29 is 0 Å². The zero-order chi connectivity index (χ0) is 22.1. The monoisotopic (exact) mass is 450 g/mol. The molecule has 0 aliphatic heterocycles. The first-order chi connectivity index (χ1) is 16.8. The lowest BCUT2D eigenvalue weighted by atomic mass is 10.0. The second kappa shape index (κ2) is 5.69. The molecule has 0 saturated heterocycles. The summed E-state index contributed by atoms with van der Waals surface area (Å²) < 4.78 is 7.66. The van der Waals surface area contributed by atoms with E-state index in [1.54, 1.807) is 0 Å². The molecule has 4 aromatic heterocycles. The van der Waals surface area contributed by atoms with Gasteiger partial charge in [0.05, 0.1) is 22.1 Å². The van der Waals surface area contributed by atoms with Crippen LogP contribution in [0, 0.1) is 0 Å². The van der Waals surface area contributed by atoms with Gasteiger partial charge in [0.1, 0.15) is 0 Å². The van der Waals surface area contributed by atoms with E-state index in [2.05, 4.69) is 107 Å². The summed E-state index contributed by atoms with van der Waals surface area (Å²) in [6.07, 6.45) is 0. The fourth-order valence-corrected chi connectivity index (χ4v) is 7.67. The zero-order valence-electron chi connectivity index (χ0n) is 18.5. The molecule has 0 unspecified atom stereocenters. The van der Waals surface area contributed by atoms with E-state index in [1.165, 1.54) is 80.1 Å². The molecule has 0 N–H and O–H groups in total. The molecule has 5 aromatic carbocycles. The molecule has 0 aliphatic carbocycles. The topological polar surface area (TPSA) is 9.34 Å². The predicted octanol–water partition coefficient (Wildman–Crippen LogP) is 8.85. The molecule has 0 atom stereocenters. The quantitative estimate of drug-likeness (QED) is 0.218. The second-order valence-electron chi connectivity index (χ2n) is 9.40. The number of hydrogen-bond donors (Lipinski definition) is 0. The molecule has 0 spiro atoms. The van der Waals surface area contributed by atoms with Crippen LogP contribution in [0.25, 0.3) is 80.1 Å². The standard InChI is InChI=1S/C31H18N2S/c1-32-23-14-7-10-18-20-12-6-11-19-17-8-2-4-13-22(17)33(30(19)20)24-16-26-28(31(32)29(24)27(18)23)21-9-3-5-15-25(21)34-26/h2-16H,1H3. The Kier molecular flexibility index (Phi) is 2.91. The van der Waals surface area contributed by atoms with Crippen LogP contribution in [0.5, 0.6) is 0 Å². The van der Waals surface area contributed by atoms with Crippen molar-refractivity contribution in [1.29, 1.82) is 0 Å². The Labute approximate surface area is 198 Å². The van der Waals surface area contributed by atoms with Crippen LogP contribution in [0.4, 0.5) is 0 Å². The van der Waals surface area contributed by atoms with Crippen molar-refractivity contribution in [1.82, 2.24) is 8.97 Å². The summed E-state index contributed by atoms with van der Waals surface area (Å²) in [6, 6.07) is 33.8. The summed E-state index contributed by atoms with van der Waals surface area (Å²) in [5.74, 6) is 0. The number of benzene rings is 5. The molecule has 34 heavy (non-hydrogen) atoms. The summed E-state index contributed by atoms with van der Waals surface area (Å²) in [5, 5.41) is 10.7. The normalized spacial score (nSPS) is 12.9. The highest BCUT2D eigenvalue weighted by molar-refractivity contribution is 7.26. The number of hydrogen-bond acceptors (Lipinski definition) is 1. The summed E-state index contributed by atoms with van der Waals surface area (Å²) in [4.78, 5) is 0. The first kappa shape index (κ1) is 17.4. The molecule has 0 aliphatic rings. The van der Waals surface area contributed by atoms with Crippen LogP contribution >= 0.6 is 11.3 Å². The summed E-state index contributed by atoms with van der Waals surface area (Å²) in [6.45, 7) is 0. The maximum Gasteiger partial charge on any atom is 0.0619 e. The van der Waals surface area contributed by atoms with E-state index in [0.29, 0.717) is 0 Å². The van der Waals surface area contributed by atoms with Gasteiger partial charge in [-0.05, 0) is 29.7 Å². The molecule has 0 radical (unpaired) electrons. The SMILES string of the molecule is Cn1c2cccc3c4cccc5c6ccccc6n(c6cc7sc8ccccc8c7c1c6c32)c45. The summed E-state index contributed by atoms with van der Waals surface area (Å²) >= 11 is 1.90. The molecule has 0 bridgehead atoms. The van der Waals surface area contributed by atoms with Gasteiger partial charge >= 0.3 is 0 Å². The van der Waals surface area contributed by atoms with E-state index in [0.717, 1.165) is 0 Å². The molecule has 3 heteroatoms. The number of aromatic nitrogens is 2. The molecular weight excluding hydrogens is 432 g/mol. The van der Waals surface area contributed by atoms with E-state index < -0.39 is 0 Å². The number of thiophene rings is 1. The van der Waals surface area contributed by atoms with Gasteiger partial charge in [-0.2, -0.15) is 0 Å². The zero-order valence-corrected chi connectivity index (χ0v) is 19.3. The number of fused-ring (bicyclic) bond motifs is 9. The van der Waals surface area contributed by atoms with Crippen LogP contribution in [0.15, 0.2) is 91.0 Å².